The Morgan fingerprint density at radius 3 is 2.96 bits per heavy atom. The minimum absolute atomic E-state index is 0.0130. The minimum atomic E-state index is -0.417. The van der Waals surface area contributed by atoms with Crippen molar-refractivity contribution in [3.05, 3.63) is 15.0 Å². The number of likely N-dealkylation sites (tertiary alicyclic amines) is 1. The highest BCUT2D eigenvalue weighted by molar-refractivity contribution is 7.16. The van der Waals surface area contributed by atoms with Crippen LogP contribution in [0.15, 0.2) is 0 Å². The predicted molar refractivity (Wildman–Crippen MR) is 91.5 cm³/mol. The number of aromatic nitrogens is 1. The zero-order valence-electron chi connectivity index (χ0n) is 13.8. The molecule has 2 aliphatic rings. The average molecular weight is 373 g/mol. The summed E-state index contributed by atoms with van der Waals surface area (Å²) in [5.41, 5.74) is 0.414. The van der Waals surface area contributed by atoms with Gasteiger partial charge < -0.3 is 19.9 Å². The molecule has 2 aliphatic heterocycles. The Labute approximate surface area is 149 Å². The van der Waals surface area contributed by atoms with E-state index in [-0.39, 0.29) is 18.5 Å². The molecule has 2 saturated heterocycles. The highest BCUT2D eigenvalue weighted by Gasteiger charge is 2.45. The van der Waals surface area contributed by atoms with Gasteiger partial charge in [-0.25, -0.2) is 9.78 Å². The second-order valence-corrected chi connectivity index (χ2v) is 8.03. The van der Waals surface area contributed by atoms with E-state index in [0.29, 0.717) is 36.9 Å². The molecule has 24 heavy (non-hydrogen) atoms. The molecule has 0 unspecified atom stereocenters. The number of likely N-dealkylation sites (N-methyl/N-ethyl adjacent to an activating group) is 1. The number of hydrogen-bond donors (Lipinski definition) is 1. The lowest BCUT2D eigenvalue weighted by molar-refractivity contribution is -0.158. The fourth-order valence-corrected chi connectivity index (χ4v) is 4.18. The van der Waals surface area contributed by atoms with Gasteiger partial charge in [-0.3, -0.25) is 4.79 Å². The third kappa shape index (κ3) is 3.65. The van der Waals surface area contributed by atoms with E-state index in [9.17, 15) is 9.59 Å². The topological polar surface area (TPSA) is 74.8 Å². The van der Waals surface area contributed by atoms with Crippen LogP contribution in [0.5, 0.6) is 0 Å². The Hall–Kier alpha value is -1.38. The summed E-state index contributed by atoms with van der Waals surface area (Å²) in [4.78, 5) is 31.6. The Kier molecular flexibility index (Phi) is 4.98. The molecule has 7 nitrogen and oxygen atoms in total. The third-order valence-corrected chi connectivity index (χ3v) is 5.97. The smallest absolute Gasteiger partial charge is 0.317 e. The minimum Gasteiger partial charge on any atom is -0.361 e. The number of carbonyl (C=O) groups excluding carboxylic acids is 2. The molecule has 3 rings (SSSR count). The van der Waals surface area contributed by atoms with Crippen LogP contribution in [0.1, 0.15) is 17.1 Å². The van der Waals surface area contributed by atoms with E-state index in [1.807, 2.05) is 6.92 Å². The van der Waals surface area contributed by atoms with Crippen LogP contribution in [0, 0.1) is 6.92 Å². The SMILES string of the molecule is Cc1nc(CCNC(=O)N2CC[C@@]3(CN(C)C(=O)CO3)C2)sc1Cl. The number of urea groups is 1. The summed E-state index contributed by atoms with van der Waals surface area (Å²) >= 11 is 7.45. The first kappa shape index (κ1) is 17.4. The van der Waals surface area contributed by atoms with E-state index >= 15 is 0 Å². The van der Waals surface area contributed by atoms with Crippen molar-refractivity contribution in [1.29, 1.82) is 0 Å². The summed E-state index contributed by atoms with van der Waals surface area (Å²) in [5.74, 6) is -0.0130. The molecule has 3 amide bonds. The molecule has 1 atom stereocenters. The molecule has 132 valence electrons. The van der Waals surface area contributed by atoms with Gasteiger partial charge in [0, 0.05) is 26.6 Å². The molecule has 0 radical (unpaired) electrons. The fraction of sp³-hybridized carbons (Fsp3) is 0.667. The number of morpholine rings is 1. The van der Waals surface area contributed by atoms with Crippen LogP contribution in [-0.4, -0.2) is 72.2 Å². The lowest BCUT2D eigenvalue weighted by Gasteiger charge is -2.38. The second kappa shape index (κ2) is 6.85. The van der Waals surface area contributed by atoms with Crippen LogP contribution < -0.4 is 5.32 Å². The van der Waals surface area contributed by atoms with Gasteiger partial charge >= 0.3 is 6.03 Å². The maximum atomic E-state index is 12.3. The van der Waals surface area contributed by atoms with Crippen molar-refractivity contribution in [3.63, 3.8) is 0 Å². The first-order valence-electron chi connectivity index (χ1n) is 7.91. The van der Waals surface area contributed by atoms with E-state index in [2.05, 4.69) is 10.3 Å². The van der Waals surface area contributed by atoms with Gasteiger partial charge in [0.2, 0.25) is 5.91 Å². The van der Waals surface area contributed by atoms with Crippen molar-refractivity contribution in [3.8, 4) is 0 Å². The number of thiazole rings is 1. The zero-order chi connectivity index (χ0) is 17.3. The molecule has 1 spiro atoms. The number of rotatable bonds is 3. The Morgan fingerprint density at radius 1 is 1.50 bits per heavy atom. The number of amides is 3. The van der Waals surface area contributed by atoms with Crippen LogP contribution in [0.3, 0.4) is 0 Å². The van der Waals surface area contributed by atoms with Gasteiger partial charge in [0.15, 0.2) is 0 Å². The quantitative estimate of drug-likeness (QED) is 0.867. The van der Waals surface area contributed by atoms with Crippen LogP contribution in [0.4, 0.5) is 4.79 Å². The summed E-state index contributed by atoms with van der Waals surface area (Å²) in [6.45, 7) is 4.17. The Bertz CT molecular complexity index is 633. The first-order valence-corrected chi connectivity index (χ1v) is 9.10. The number of carbonyl (C=O) groups is 2. The molecule has 1 aromatic heterocycles. The fourth-order valence-electron chi connectivity index (χ4n) is 3.08. The third-order valence-electron chi connectivity index (χ3n) is 4.46. The van der Waals surface area contributed by atoms with Gasteiger partial charge in [0.25, 0.3) is 0 Å². The number of ether oxygens (including phenoxy) is 1. The van der Waals surface area contributed by atoms with E-state index < -0.39 is 5.60 Å². The molecule has 0 aromatic carbocycles. The number of nitrogens with one attached hydrogen (secondary N) is 1. The molecule has 9 heteroatoms. The Morgan fingerprint density at radius 2 is 2.29 bits per heavy atom. The van der Waals surface area contributed by atoms with Gasteiger partial charge in [0.05, 0.1) is 23.8 Å². The summed E-state index contributed by atoms with van der Waals surface area (Å²) in [6, 6.07) is -0.102. The number of nitrogens with zero attached hydrogens (tertiary/aromatic N) is 3. The lowest BCUT2D eigenvalue weighted by Crippen LogP contribution is -2.55. The highest BCUT2D eigenvalue weighted by Crippen LogP contribution is 2.29. The molecule has 1 aromatic rings. The van der Waals surface area contributed by atoms with E-state index in [4.69, 9.17) is 16.3 Å². The number of aryl methyl sites for hydroxylation is 1. The van der Waals surface area contributed by atoms with Crippen molar-refractivity contribution in [2.45, 2.75) is 25.4 Å². The number of halogens is 1. The van der Waals surface area contributed by atoms with Crippen molar-refractivity contribution in [2.24, 2.45) is 0 Å². The van der Waals surface area contributed by atoms with E-state index in [0.717, 1.165) is 17.1 Å². The predicted octanol–water partition coefficient (Wildman–Crippen LogP) is 1.29. The van der Waals surface area contributed by atoms with Crippen LogP contribution in [0.25, 0.3) is 0 Å². The van der Waals surface area contributed by atoms with Gasteiger partial charge in [-0.1, -0.05) is 11.6 Å². The largest absolute Gasteiger partial charge is 0.361 e. The maximum absolute atomic E-state index is 12.3. The Balaban J connectivity index is 1.47. The summed E-state index contributed by atoms with van der Waals surface area (Å²) in [6.07, 6.45) is 1.41. The van der Waals surface area contributed by atoms with Crippen LogP contribution in [-0.2, 0) is 16.0 Å². The first-order chi connectivity index (χ1) is 11.4. The molecular weight excluding hydrogens is 352 g/mol. The molecule has 0 aliphatic carbocycles. The lowest BCUT2D eigenvalue weighted by atomic mass is 10.0. The van der Waals surface area contributed by atoms with Crippen LogP contribution in [0.2, 0.25) is 4.34 Å². The van der Waals surface area contributed by atoms with Gasteiger partial charge in [-0.2, -0.15) is 0 Å². The number of hydrogen-bond acceptors (Lipinski definition) is 5. The molecule has 0 saturated carbocycles. The van der Waals surface area contributed by atoms with Crippen molar-refractivity contribution < 1.29 is 14.3 Å². The molecule has 0 bridgehead atoms. The summed E-state index contributed by atoms with van der Waals surface area (Å²) in [5, 5.41) is 3.84. The monoisotopic (exact) mass is 372 g/mol. The maximum Gasteiger partial charge on any atom is 0.317 e. The van der Waals surface area contributed by atoms with Gasteiger partial charge in [0.1, 0.15) is 16.5 Å². The molecular formula is C15H21ClN4O3S. The normalized spacial score (nSPS) is 24.0. The standard InChI is InChI=1S/C15H21ClN4O3S/c1-10-13(16)24-11(18-10)3-5-17-14(22)20-6-4-15(9-20)8-19(2)12(21)7-23-15/h3-9H2,1-2H3,(H,17,22)/t15-/m1/s1. The van der Waals surface area contributed by atoms with Gasteiger partial charge in [-0.05, 0) is 13.3 Å². The summed E-state index contributed by atoms with van der Waals surface area (Å²) < 4.78 is 6.44. The zero-order valence-corrected chi connectivity index (χ0v) is 15.4. The summed E-state index contributed by atoms with van der Waals surface area (Å²) in [7, 11) is 1.77. The van der Waals surface area contributed by atoms with Crippen molar-refractivity contribution in [2.75, 3.05) is 39.8 Å². The molecule has 2 fully saturated rings. The van der Waals surface area contributed by atoms with Gasteiger partial charge in [-0.15, -0.1) is 11.3 Å². The highest BCUT2D eigenvalue weighted by atomic mass is 35.5. The van der Waals surface area contributed by atoms with Crippen molar-refractivity contribution >= 4 is 34.9 Å². The van der Waals surface area contributed by atoms with Crippen LogP contribution >= 0.6 is 22.9 Å². The molecule has 3 heterocycles. The van der Waals surface area contributed by atoms with E-state index in [1.54, 1.807) is 16.8 Å². The second-order valence-electron chi connectivity index (χ2n) is 6.34. The molecule has 1 N–H and O–H groups in total. The van der Waals surface area contributed by atoms with Crippen molar-refractivity contribution in [1.82, 2.24) is 20.1 Å². The average Bonchev–Trinajstić information content (AvgIpc) is 3.08. The van der Waals surface area contributed by atoms with E-state index in [1.165, 1.54) is 11.3 Å².